The van der Waals surface area contributed by atoms with E-state index in [1.165, 1.54) is 13.0 Å². The summed E-state index contributed by atoms with van der Waals surface area (Å²) in [6.07, 6.45) is 0. The fourth-order valence-electron chi connectivity index (χ4n) is 1.47. The maximum Gasteiger partial charge on any atom is 0.163 e. The number of benzene rings is 1. The molecule has 1 aromatic carbocycles. The minimum absolute atomic E-state index is 0.0169. The van der Waals surface area contributed by atoms with E-state index in [0.717, 1.165) is 16.3 Å². The van der Waals surface area contributed by atoms with E-state index in [2.05, 4.69) is 4.98 Å². The van der Waals surface area contributed by atoms with Crippen LogP contribution in [0.4, 0.5) is 0 Å². The first-order valence-corrected chi connectivity index (χ1v) is 5.72. The summed E-state index contributed by atoms with van der Waals surface area (Å²) in [6, 6.07) is 4.96. The zero-order valence-corrected chi connectivity index (χ0v) is 9.84. The van der Waals surface area contributed by atoms with Crippen LogP contribution in [0.2, 0.25) is 0 Å². The van der Waals surface area contributed by atoms with Crippen molar-refractivity contribution in [1.29, 1.82) is 0 Å². The van der Waals surface area contributed by atoms with Crippen LogP contribution in [0.15, 0.2) is 23.6 Å². The Labute approximate surface area is 97.4 Å². The molecule has 1 aromatic heterocycles. The number of phenols is 1. The van der Waals surface area contributed by atoms with Crippen LogP contribution in [0.1, 0.15) is 22.3 Å². The van der Waals surface area contributed by atoms with E-state index < -0.39 is 0 Å². The number of nitrogens with zero attached hydrogens (tertiary/aromatic N) is 1. The average Bonchev–Trinajstić information content (AvgIpc) is 2.65. The minimum Gasteiger partial charge on any atom is -0.507 e. The van der Waals surface area contributed by atoms with E-state index in [0.29, 0.717) is 5.56 Å². The summed E-state index contributed by atoms with van der Waals surface area (Å²) >= 11 is 1.56. The Morgan fingerprint density at radius 1 is 1.44 bits per heavy atom. The van der Waals surface area contributed by atoms with Gasteiger partial charge in [-0.05, 0) is 32.0 Å². The summed E-state index contributed by atoms with van der Waals surface area (Å²) in [4.78, 5) is 15.6. The Morgan fingerprint density at radius 2 is 2.19 bits per heavy atom. The number of Topliss-reactive ketones (excluding diaryl/α,β-unsaturated/α-hetero) is 1. The highest BCUT2D eigenvalue weighted by Crippen LogP contribution is 2.27. The quantitative estimate of drug-likeness (QED) is 0.811. The standard InChI is InChI=1S/C12H11NO2S/c1-7(14)10-5-9(3-4-12(10)15)11-6-16-8(2)13-11/h3-6,15H,1-2H3. The van der Waals surface area contributed by atoms with E-state index >= 15 is 0 Å². The van der Waals surface area contributed by atoms with Gasteiger partial charge >= 0.3 is 0 Å². The first-order chi connectivity index (χ1) is 7.58. The van der Waals surface area contributed by atoms with Crippen LogP contribution in [-0.4, -0.2) is 15.9 Å². The number of carbonyl (C=O) groups is 1. The number of aromatic hydroxyl groups is 1. The number of phenolic OH excluding ortho intramolecular Hbond substituents is 1. The molecular weight excluding hydrogens is 222 g/mol. The van der Waals surface area contributed by atoms with Crippen LogP contribution in [0.25, 0.3) is 11.3 Å². The summed E-state index contributed by atoms with van der Waals surface area (Å²) in [5, 5.41) is 12.4. The lowest BCUT2D eigenvalue weighted by Gasteiger charge is -2.02. The zero-order valence-electron chi connectivity index (χ0n) is 9.02. The van der Waals surface area contributed by atoms with Gasteiger partial charge < -0.3 is 5.11 Å². The topological polar surface area (TPSA) is 50.2 Å². The van der Waals surface area contributed by atoms with Crippen molar-refractivity contribution in [3.63, 3.8) is 0 Å². The van der Waals surface area contributed by atoms with Crippen LogP contribution < -0.4 is 0 Å². The molecule has 2 aromatic rings. The number of hydrogen-bond acceptors (Lipinski definition) is 4. The third-order valence-electron chi connectivity index (χ3n) is 2.29. The molecule has 0 saturated heterocycles. The van der Waals surface area contributed by atoms with Crippen LogP contribution >= 0.6 is 11.3 Å². The van der Waals surface area contributed by atoms with E-state index in [1.54, 1.807) is 23.5 Å². The Morgan fingerprint density at radius 3 is 2.75 bits per heavy atom. The third-order valence-corrected chi connectivity index (χ3v) is 3.06. The molecule has 2 rings (SSSR count). The Kier molecular flexibility index (Phi) is 2.75. The molecule has 0 unspecified atom stereocenters. The molecule has 3 nitrogen and oxygen atoms in total. The number of thiazole rings is 1. The lowest BCUT2D eigenvalue weighted by atomic mass is 10.1. The van der Waals surface area contributed by atoms with E-state index in [-0.39, 0.29) is 11.5 Å². The molecule has 0 atom stereocenters. The molecular formula is C12H11NO2S. The van der Waals surface area contributed by atoms with Crippen LogP contribution in [0.3, 0.4) is 0 Å². The highest BCUT2D eigenvalue weighted by atomic mass is 32.1. The van der Waals surface area contributed by atoms with Crippen molar-refractivity contribution in [2.45, 2.75) is 13.8 Å². The average molecular weight is 233 g/mol. The molecule has 16 heavy (non-hydrogen) atoms. The zero-order chi connectivity index (χ0) is 11.7. The second kappa shape index (κ2) is 4.06. The number of aromatic nitrogens is 1. The lowest BCUT2D eigenvalue weighted by molar-refractivity contribution is 0.101. The van der Waals surface area contributed by atoms with Crippen molar-refractivity contribution in [3.8, 4) is 17.0 Å². The molecule has 1 heterocycles. The lowest BCUT2D eigenvalue weighted by Crippen LogP contribution is -1.93. The number of hydrogen-bond donors (Lipinski definition) is 1. The highest BCUT2D eigenvalue weighted by molar-refractivity contribution is 7.09. The molecule has 4 heteroatoms. The fourth-order valence-corrected chi connectivity index (χ4v) is 2.10. The van der Waals surface area contributed by atoms with Crippen molar-refractivity contribution in [3.05, 3.63) is 34.2 Å². The Hall–Kier alpha value is -1.68. The Bertz CT molecular complexity index is 546. The maximum atomic E-state index is 11.3. The molecule has 0 radical (unpaired) electrons. The van der Waals surface area contributed by atoms with Gasteiger partial charge in [-0.3, -0.25) is 4.79 Å². The predicted octanol–water partition coefficient (Wildman–Crippen LogP) is 3.03. The van der Waals surface area contributed by atoms with E-state index in [4.69, 9.17) is 0 Å². The van der Waals surface area contributed by atoms with E-state index in [1.807, 2.05) is 12.3 Å². The number of ketones is 1. The number of rotatable bonds is 2. The summed E-state index contributed by atoms with van der Waals surface area (Å²) in [5.74, 6) is -0.130. The molecule has 0 fully saturated rings. The van der Waals surface area contributed by atoms with Crippen molar-refractivity contribution in [2.75, 3.05) is 0 Å². The SMILES string of the molecule is CC(=O)c1cc(-c2csc(C)n2)ccc1O. The van der Waals surface area contributed by atoms with Gasteiger partial charge in [-0.2, -0.15) is 0 Å². The largest absolute Gasteiger partial charge is 0.507 e. The van der Waals surface area contributed by atoms with Crippen LogP contribution in [0.5, 0.6) is 5.75 Å². The monoisotopic (exact) mass is 233 g/mol. The Balaban J connectivity index is 2.51. The number of carbonyl (C=O) groups excluding carboxylic acids is 1. The predicted molar refractivity (Wildman–Crippen MR) is 64.0 cm³/mol. The second-order valence-electron chi connectivity index (χ2n) is 3.54. The first kappa shape index (κ1) is 10.8. The van der Waals surface area contributed by atoms with Gasteiger partial charge in [0.25, 0.3) is 0 Å². The molecule has 1 N–H and O–H groups in total. The number of aryl methyl sites for hydroxylation is 1. The molecule has 0 aliphatic carbocycles. The normalized spacial score (nSPS) is 10.4. The van der Waals surface area contributed by atoms with Crippen molar-refractivity contribution in [2.24, 2.45) is 0 Å². The molecule has 0 aliphatic heterocycles. The fraction of sp³-hybridized carbons (Fsp3) is 0.167. The van der Waals surface area contributed by atoms with Gasteiger partial charge in [0, 0.05) is 10.9 Å². The van der Waals surface area contributed by atoms with Crippen molar-refractivity contribution in [1.82, 2.24) is 4.98 Å². The van der Waals surface area contributed by atoms with Crippen molar-refractivity contribution < 1.29 is 9.90 Å². The van der Waals surface area contributed by atoms with E-state index in [9.17, 15) is 9.90 Å². The third kappa shape index (κ3) is 1.97. The molecule has 0 aliphatic rings. The van der Waals surface area contributed by atoms with Crippen LogP contribution in [-0.2, 0) is 0 Å². The van der Waals surface area contributed by atoms with Gasteiger partial charge in [-0.1, -0.05) is 0 Å². The molecule has 0 bridgehead atoms. The molecule has 0 amide bonds. The summed E-state index contributed by atoms with van der Waals surface area (Å²) in [7, 11) is 0. The maximum absolute atomic E-state index is 11.3. The van der Waals surface area contributed by atoms with Gasteiger partial charge in [0.1, 0.15) is 5.75 Å². The van der Waals surface area contributed by atoms with Gasteiger partial charge in [-0.15, -0.1) is 11.3 Å². The summed E-state index contributed by atoms with van der Waals surface area (Å²) < 4.78 is 0. The molecule has 0 saturated carbocycles. The van der Waals surface area contributed by atoms with Crippen LogP contribution in [0, 0.1) is 6.92 Å². The highest BCUT2D eigenvalue weighted by Gasteiger charge is 2.09. The van der Waals surface area contributed by atoms with Gasteiger partial charge in [0.2, 0.25) is 0 Å². The summed E-state index contributed by atoms with van der Waals surface area (Å²) in [6.45, 7) is 3.37. The van der Waals surface area contributed by atoms with Gasteiger partial charge in [0.15, 0.2) is 5.78 Å². The molecule has 82 valence electrons. The van der Waals surface area contributed by atoms with Crippen molar-refractivity contribution >= 4 is 17.1 Å². The minimum atomic E-state index is -0.147. The first-order valence-electron chi connectivity index (χ1n) is 4.84. The second-order valence-corrected chi connectivity index (χ2v) is 4.60. The van der Waals surface area contributed by atoms with Gasteiger partial charge in [-0.25, -0.2) is 4.98 Å². The van der Waals surface area contributed by atoms with Gasteiger partial charge in [0.05, 0.1) is 16.3 Å². The smallest absolute Gasteiger partial charge is 0.163 e. The molecule has 0 spiro atoms. The summed E-state index contributed by atoms with van der Waals surface area (Å²) in [5.41, 5.74) is 2.03.